The van der Waals surface area contributed by atoms with Crippen LogP contribution in [0.3, 0.4) is 0 Å². The second-order valence-corrected chi connectivity index (χ2v) is 5.18. The average Bonchev–Trinajstić information content (AvgIpc) is 2.45. The number of nitrogens with zero attached hydrogens (tertiary/aromatic N) is 1. The van der Waals surface area contributed by atoms with Crippen LogP contribution in [0.15, 0.2) is 30.9 Å². The van der Waals surface area contributed by atoms with Crippen LogP contribution in [0.2, 0.25) is 0 Å². The maximum Gasteiger partial charge on any atom is 0.123 e. The number of piperazine rings is 1. The Bertz CT molecular complexity index is 425. The van der Waals surface area contributed by atoms with E-state index >= 15 is 0 Å². The molecule has 104 valence electrons. The van der Waals surface area contributed by atoms with Crippen molar-refractivity contribution in [3.8, 4) is 5.75 Å². The fourth-order valence-corrected chi connectivity index (χ4v) is 2.75. The largest absolute Gasteiger partial charge is 0.507 e. The van der Waals surface area contributed by atoms with Crippen molar-refractivity contribution < 1.29 is 5.11 Å². The number of rotatable bonds is 5. The Kier molecular flexibility index (Phi) is 5.00. The van der Waals surface area contributed by atoms with Gasteiger partial charge in [-0.3, -0.25) is 4.90 Å². The first-order chi connectivity index (χ1) is 9.24. The van der Waals surface area contributed by atoms with Gasteiger partial charge in [0.25, 0.3) is 0 Å². The third-order valence-corrected chi connectivity index (χ3v) is 3.86. The number of benzene rings is 1. The van der Waals surface area contributed by atoms with Gasteiger partial charge in [0.05, 0.1) is 0 Å². The molecule has 0 aliphatic carbocycles. The molecule has 1 saturated heterocycles. The standard InChI is InChI=1S/C16H24N2O/c1-3-4-8-15(18-11-9-17-10-12-18)14-7-5-6-13(2)16(14)19/h3,5-7,15,17,19H,1,4,8-12H2,2H3/t15-/m0/s1. The number of phenols is 1. The molecule has 0 saturated carbocycles. The van der Waals surface area contributed by atoms with E-state index in [0.717, 1.165) is 50.1 Å². The highest BCUT2D eigenvalue weighted by Crippen LogP contribution is 2.34. The summed E-state index contributed by atoms with van der Waals surface area (Å²) in [5.74, 6) is 0.454. The molecule has 1 heterocycles. The Labute approximate surface area is 115 Å². The van der Waals surface area contributed by atoms with Gasteiger partial charge in [0, 0.05) is 37.8 Å². The van der Waals surface area contributed by atoms with E-state index in [9.17, 15) is 5.11 Å². The van der Waals surface area contributed by atoms with Gasteiger partial charge in [-0.1, -0.05) is 24.3 Å². The molecule has 0 bridgehead atoms. The molecule has 1 aliphatic heterocycles. The number of hydrogen-bond donors (Lipinski definition) is 2. The minimum absolute atomic E-state index is 0.292. The molecule has 0 aromatic heterocycles. The summed E-state index contributed by atoms with van der Waals surface area (Å²) in [7, 11) is 0. The summed E-state index contributed by atoms with van der Waals surface area (Å²) >= 11 is 0. The van der Waals surface area contributed by atoms with Crippen molar-refractivity contribution in [3.05, 3.63) is 42.0 Å². The van der Waals surface area contributed by atoms with E-state index in [-0.39, 0.29) is 0 Å². The fourth-order valence-electron chi connectivity index (χ4n) is 2.75. The van der Waals surface area contributed by atoms with Crippen molar-refractivity contribution in [2.75, 3.05) is 26.2 Å². The molecule has 1 aromatic carbocycles. The summed E-state index contributed by atoms with van der Waals surface area (Å²) in [4.78, 5) is 2.47. The summed E-state index contributed by atoms with van der Waals surface area (Å²) in [6.45, 7) is 9.90. The monoisotopic (exact) mass is 260 g/mol. The molecule has 2 rings (SSSR count). The van der Waals surface area contributed by atoms with Gasteiger partial charge in [-0.05, 0) is 25.3 Å². The average molecular weight is 260 g/mol. The Hall–Kier alpha value is -1.32. The van der Waals surface area contributed by atoms with E-state index in [4.69, 9.17) is 0 Å². The smallest absolute Gasteiger partial charge is 0.123 e. The minimum Gasteiger partial charge on any atom is -0.507 e. The number of phenolic OH excluding ortho intramolecular Hbond substituents is 1. The van der Waals surface area contributed by atoms with Crippen LogP contribution in [-0.2, 0) is 0 Å². The maximum absolute atomic E-state index is 10.3. The van der Waals surface area contributed by atoms with Gasteiger partial charge in [0.2, 0.25) is 0 Å². The van der Waals surface area contributed by atoms with E-state index in [2.05, 4.69) is 22.9 Å². The molecule has 3 heteroatoms. The summed E-state index contributed by atoms with van der Waals surface area (Å²) in [5, 5.41) is 13.7. The van der Waals surface area contributed by atoms with Crippen LogP contribution in [0.1, 0.15) is 30.0 Å². The zero-order valence-electron chi connectivity index (χ0n) is 11.7. The van der Waals surface area contributed by atoms with Gasteiger partial charge in [0.1, 0.15) is 5.75 Å². The Morgan fingerprint density at radius 1 is 1.42 bits per heavy atom. The van der Waals surface area contributed by atoms with Crippen LogP contribution in [0.25, 0.3) is 0 Å². The molecule has 0 amide bonds. The molecule has 19 heavy (non-hydrogen) atoms. The van der Waals surface area contributed by atoms with Crippen LogP contribution in [0.4, 0.5) is 0 Å². The van der Waals surface area contributed by atoms with E-state index in [1.54, 1.807) is 0 Å². The molecule has 2 N–H and O–H groups in total. The van der Waals surface area contributed by atoms with Crippen molar-refractivity contribution in [1.29, 1.82) is 0 Å². The van der Waals surface area contributed by atoms with E-state index < -0.39 is 0 Å². The zero-order valence-corrected chi connectivity index (χ0v) is 11.7. The zero-order chi connectivity index (χ0) is 13.7. The first kappa shape index (κ1) is 14.1. The Balaban J connectivity index is 2.24. The summed E-state index contributed by atoms with van der Waals surface area (Å²) in [5.41, 5.74) is 2.01. The SMILES string of the molecule is C=CCC[C@@H](c1cccc(C)c1O)N1CCNCC1. The summed E-state index contributed by atoms with van der Waals surface area (Å²) in [6, 6.07) is 6.34. The van der Waals surface area contributed by atoms with Gasteiger partial charge < -0.3 is 10.4 Å². The molecule has 1 fully saturated rings. The number of aromatic hydroxyl groups is 1. The predicted molar refractivity (Wildman–Crippen MR) is 79.5 cm³/mol. The lowest BCUT2D eigenvalue weighted by atomic mass is 9.96. The second-order valence-electron chi connectivity index (χ2n) is 5.18. The Morgan fingerprint density at radius 2 is 2.16 bits per heavy atom. The highest BCUT2D eigenvalue weighted by molar-refractivity contribution is 5.41. The third kappa shape index (κ3) is 3.37. The van der Waals surface area contributed by atoms with Crippen LogP contribution in [0.5, 0.6) is 5.75 Å². The highest BCUT2D eigenvalue weighted by Gasteiger charge is 2.24. The van der Waals surface area contributed by atoms with Crippen molar-refractivity contribution in [2.24, 2.45) is 0 Å². The minimum atomic E-state index is 0.292. The lowest BCUT2D eigenvalue weighted by Gasteiger charge is -2.35. The van der Waals surface area contributed by atoms with E-state index in [1.807, 2.05) is 25.1 Å². The van der Waals surface area contributed by atoms with Gasteiger partial charge in [-0.2, -0.15) is 0 Å². The second kappa shape index (κ2) is 6.73. The van der Waals surface area contributed by atoms with Crippen LogP contribution in [0, 0.1) is 6.92 Å². The number of nitrogens with one attached hydrogen (secondary N) is 1. The van der Waals surface area contributed by atoms with E-state index in [0.29, 0.717) is 11.8 Å². The van der Waals surface area contributed by atoms with E-state index in [1.165, 1.54) is 0 Å². The molecule has 0 unspecified atom stereocenters. The quantitative estimate of drug-likeness (QED) is 0.799. The molecular formula is C16H24N2O. The topological polar surface area (TPSA) is 35.5 Å². The van der Waals surface area contributed by atoms with Gasteiger partial charge >= 0.3 is 0 Å². The van der Waals surface area contributed by atoms with Gasteiger partial charge in [-0.15, -0.1) is 6.58 Å². The third-order valence-electron chi connectivity index (χ3n) is 3.86. The molecule has 1 aromatic rings. The lowest BCUT2D eigenvalue weighted by Crippen LogP contribution is -2.45. The van der Waals surface area contributed by atoms with Gasteiger partial charge in [-0.25, -0.2) is 0 Å². The number of hydrogen-bond acceptors (Lipinski definition) is 3. The molecule has 3 nitrogen and oxygen atoms in total. The number of aryl methyl sites for hydroxylation is 1. The summed E-state index contributed by atoms with van der Waals surface area (Å²) in [6.07, 6.45) is 3.95. The molecule has 0 radical (unpaired) electrons. The number of allylic oxidation sites excluding steroid dienone is 1. The van der Waals surface area contributed by atoms with Gasteiger partial charge in [0.15, 0.2) is 0 Å². The predicted octanol–water partition coefficient (Wildman–Crippen LogP) is 2.61. The van der Waals surface area contributed by atoms with Crippen LogP contribution in [-0.4, -0.2) is 36.2 Å². The molecular weight excluding hydrogens is 236 g/mol. The normalized spacial score (nSPS) is 18.2. The van der Waals surface area contributed by atoms with Crippen molar-refractivity contribution in [2.45, 2.75) is 25.8 Å². The first-order valence-corrected chi connectivity index (χ1v) is 7.08. The fraction of sp³-hybridized carbons (Fsp3) is 0.500. The van der Waals surface area contributed by atoms with Crippen molar-refractivity contribution in [3.63, 3.8) is 0 Å². The molecule has 1 atom stereocenters. The number of para-hydroxylation sites is 1. The first-order valence-electron chi connectivity index (χ1n) is 7.08. The molecule has 1 aliphatic rings. The van der Waals surface area contributed by atoms with Crippen molar-refractivity contribution in [1.82, 2.24) is 10.2 Å². The molecule has 0 spiro atoms. The highest BCUT2D eigenvalue weighted by atomic mass is 16.3. The maximum atomic E-state index is 10.3. The van der Waals surface area contributed by atoms with Crippen LogP contribution < -0.4 is 5.32 Å². The van der Waals surface area contributed by atoms with Crippen molar-refractivity contribution >= 4 is 0 Å². The van der Waals surface area contributed by atoms with Crippen LogP contribution >= 0.6 is 0 Å². The lowest BCUT2D eigenvalue weighted by molar-refractivity contribution is 0.163. The Morgan fingerprint density at radius 3 is 2.84 bits per heavy atom. The summed E-state index contributed by atoms with van der Waals surface area (Å²) < 4.78 is 0.